The van der Waals surface area contributed by atoms with Gasteiger partial charge in [-0.2, -0.15) is 0 Å². The number of aliphatic hydroxyl groups is 1. The predicted molar refractivity (Wildman–Crippen MR) is 71.9 cm³/mol. The topological polar surface area (TPSA) is 50.7 Å². The Hall–Kier alpha value is -1.10. The summed E-state index contributed by atoms with van der Waals surface area (Å²) < 4.78 is 10.2. The lowest BCUT2D eigenvalue weighted by Crippen LogP contribution is -2.23. The molecule has 0 aliphatic carbocycles. The summed E-state index contributed by atoms with van der Waals surface area (Å²) >= 11 is 0. The zero-order chi connectivity index (χ0) is 13.4. The third kappa shape index (κ3) is 5.04. The van der Waals surface area contributed by atoms with Gasteiger partial charge in [0, 0.05) is 19.2 Å². The Bertz CT molecular complexity index is 355. The van der Waals surface area contributed by atoms with E-state index in [1.807, 2.05) is 12.1 Å². The van der Waals surface area contributed by atoms with Crippen molar-refractivity contribution >= 4 is 0 Å². The van der Waals surface area contributed by atoms with Crippen LogP contribution in [0.25, 0.3) is 0 Å². The average molecular weight is 253 g/mol. The van der Waals surface area contributed by atoms with Gasteiger partial charge in [0.05, 0.1) is 19.8 Å². The van der Waals surface area contributed by atoms with Gasteiger partial charge in [-0.25, -0.2) is 0 Å². The fourth-order valence-electron chi connectivity index (χ4n) is 1.81. The molecular formula is C14H23NO3. The first-order valence-corrected chi connectivity index (χ1v) is 6.18. The summed E-state index contributed by atoms with van der Waals surface area (Å²) in [7, 11) is 3.27. The van der Waals surface area contributed by atoms with Gasteiger partial charge in [-0.3, -0.25) is 0 Å². The standard InChI is InChI=1S/C14H23NO3/c1-11-4-5-14(18-3)12(8-11)9-15-7-6-13(16)10-17-2/h4-5,8,13,15-16H,6-7,9-10H2,1-3H3. The summed E-state index contributed by atoms with van der Waals surface area (Å²) in [5, 5.41) is 12.8. The van der Waals surface area contributed by atoms with E-state index in [9.17, 15) is 5.11 Å². The van der Waals surface area contributed by atoms with E-state index in [0.29, 0.717) is 13.0 Å². The fourth-order valence-corrected chi connectivity index (χ4v) is 1.81. The highest BCUT2D eigenvalue weighted by Gasteiger charge is 2.05. The number of aliphatic hydroxyl groups excluding tert-OH is 1. The number of rotatable bonds is 8. The normalized spacial score (nSPS) is 12.4. The summed E-state index contributed by atoms with van der Waals surface area (Å²) in [5.74, 6) is 0.894. The SMILES string of the molecule is COCC(O)CCNCc1cc(C)ccc1OC. The minimum absolute atomic E-state index is 0.384. The maximum absolute atomic E-state index is 9.50. The molecule has 2 N–H and O–H groups in total. The fraction of sp³-hybridized carbons (Fsp3) is 0.571. The van der Waals surface area contributed by atoms with Crippen molar-refractivity contribution in [3.63, 3.8) is 0 Å². The molecule has 0 aliphatic rings. The van der Waals surface area contributed by atoms with E-state index < -0.39 is 6.10 Å². The molecule has 0 saturated heterocycles. The molecule has 0 radical (unpaired) electrons. The maximum Gasteiger partial charge on any atom is 0.123 e. The van der Waals surface area contributed by atoms with Crippen LogP contribution in [-0.4, -0.2) is 38.6 Å². The molecule has 4 nitrogen and oxygen atoms in total. The Morgan fingerprint density at radius 2 is 2.11 bits per heavy atom. The van der Waals surface area contributed by atoms with Crippen LogP contribution in [0.1, 0.15) is 17.5 Å². The van der Waals surface area contributed by atoms with Crippen molar-refractivity contribution in [3.8, 4) is 5.75 Å². The lowest BCUT2D eigenvalue weighted by molar-refractivity contribution is 0.0594. The molecule has 1 atom stereocenters. The summed E-state index contributed by atoms with van der Waals surface area (Å²) in [6.45, 7) is 3.94. The number of ether oxygens (including phenoxy) is 2. The van der Waals surface area contributed by atoms with Crippen molar-refractivity contribution < 1.29 is 14.6 Å². The smallest absolute Gasteiger partial charge is 0.123 e. The highest BCUT2D eigenvalue weighted by Crippen LogP contribution is 2.19. The summed E-state index contributed by atoms with van der Waals surface area (Å²) in [6.07, 6.45) is 0.281. The molecular weight excluding hydrogens is 230 g/mol. The van der Waals surface area contributed by atoms with Crippen molar-refractivity contribution in [2.45, 2.75) is 26.0 Å². The first kappa shape index (κ1) is 15.0. The maximum atomic E-state index is 9.50. The van der Waals surface area contributed by atoms with E-state index in [4.69, 9.17) is 9.47 Å². The number of methoxy groups -OCH3 is 2. The van der Waals surface area contributed by atoms with Gasteiger partial charge in [-0.05, 0) is 26.0 Å². The van der Waals surface area contributed by atoms with Crippen molar-refractivity contribution in [2.24, 2.45) is 0 Å². The molecule has 0 heterocycles. The minimum Gasteiger partial charge on any atom is -0.496 e. The number of nitrogens with one attached hydrogen (secondary N) is 1. The van der Waals surface area contributed by atoms with Crippen LogP contribution in [0.4, 0.5) is 0 Å². The molecule has 1 aromatic carbocycles. The molecule has 4 heteroatoms. The van der Waals surface area contributed by atoms with Crippen LogP contribution in [0.15, 0.2) is 18.2 Å². The van der Waals surface area contributed by atoms with Crippen LogP contribution in [0.3, 0.4) is 0 Å². The van der Waals surface area contributed by atoms with Crippen molar-refractivity contribution in [2.75, 3.05) is 27.4 Å². The first-order chi connectivity index (χ1) is 8.67. The van der Waals surface area contributed by atoms with Crippen LogP contribution in [0.5, 0.6) is 5.75 Å². The number of hydrogen-bond donors (Lipinski definition) is 2. The lowest BCUT2D eigenvalue weighted by atomic mass is 10.1. The van der Waals surface area contributed by atoms with E-state index in [-0.39, 0.29) is 0 Å². The van der Waals surface area contributed by atoms with Gasteiger partial charge in [0.15, 0.2) is 0 Å². The third-order valence-electron chi connectivity index (χ3n) is 2.76. The Balaban J connectivity index is 2.36. The molecule has 0 saturated carbocycles. The van der Waals surface area contributed by atoms with Gasteiger partial charge < -0.3 is 19.9 Å². The summed E-state index contributed by atoms with van der Waals surface area (Å²) in [5.41, 5.74) is 2.35. The number of benzene rings is 1. The van der Waals surface area contributed by atoms with E-state index in [1.165, 1.54) is 5.56 Å². The number of hydrogen-bond acceptors (Lipinski definition) is 4. The second-order valence-corrected chi connectivity index (χ2v) is 4.39. The second-order valence-electron chi connectivity index (χ2n) is 4.39. The molecule has 0 aromatic heterocycles. The van der Waals surface area contributed by atoms with Gasteiger partial charge in [0.1, 0.15) is 5.75 Å². The van der Waals surface area contributed by atoms with Crippen LogP contribution >= 0.6 is 0 Å². The second kappa shape index (κ2) is 8.08. The Kier molecular flexibility index (Phi) is 6.72. The molecule has 1 unspecified atom stereocenters. The first-order valence-electron chi connectivity index (χ1n) is 6.18. The molecule has 0 amide bonds. The number of aryl methyl sites for hydroxylation is 1. The zero-order valence-corrected chi connectivity index (χ0v) is 11.4. The summed E-state index contributed by atoms with van der Waals surface area (Å²) in [4.78, 5) is 0. The quantitative estimate of drug-likeness (QED) is 0.689. The Morgan fingerprint density at radius 1 is 1.33 bits per heavy atom. The Labute approximate surface area is 109 Å². The molecule has 0 bridgehead atoms. The molecule has 18 heavy (non-hydrogen) atoms. The van der Waals surface area contributed by atoms with Crippen molar-refractivity contribution in [1.29, 1.82) is 0 Å². The third-order valence-corrected chi connectivity index (χ3v) is 2.76. The van der Waals surface area contributed by atoms with E-state index in [1.54, 1.807) is 14.2 Å². The van der Waals surface area contributed by atoms with Crippen LogP contribution in [-0.2, 0) is 11.3 Å². The van der Waals surface area contributed by atoms with Crippen molar-refractivity contribution in [3.05, 3.63) is 29.3 Å². The summed E-state index contributed by atoms with van der Waals surface area (Å²) in [6, 6.07) is 6.12. The van der Waals surface area contributed by atoms with Crippen LogP contribution < -0.4 is 10.1 Å². The molecule has 0 aliphatic heterocycles. The van der Waals surface area contributed by atoms with E-state index >= 15 is 0 Å². The van der Waals surface area contributed by atoms with Gasteiger partial charge >= 0.3 is 0 Å². The van der Waals surface area contributed by atoms with Gasteiger partial charge in [-0.1, -0.05) is 17.7 Å². The van der Waals surface area contributed by atoms with Crippen molar-refractivity contribution in [1.82, 2.24) is 5.32 Å². The van der Waals surface area contributed by atoms with Gasteiger partial charge in [-0.15, -0.1) is 0 Å². The predicted octanol–water partition coefficient (Wildman–Crippen LogP) is 1.49. The van der Waals surface area contributed by atoms with Gasteiger partial charge in [0.25, 0.3) is 0 Å². The van der Waals surface area contributed by atoms with E-state index in [0.717, 1.165) is 24.4 Å². The molecule has 1 rings (SSSR count). The lowest BCUT2D eigenvalue weighted by Gasteiger charge is -2.12. The van der Waals surface area contributed by atoms with E-state index in [2.05, 4.69) is 18.3 Å². The Morgan fingerprint density at radius 3 is 2.78 bits per heavy atom. The highest BCUT2D eigenvalue weighted by molar-refractivity contribution is 5.36. The largest absolute Gasteiger partial charge is 0.496 e. The highest BCUT2D eigenvalue weighted by atomic mass is 16.5. The van der Waals surface area contributed by atoms with Crippen LogP contribution in [0, 0.1) is 6.92 Å². The molecule has 0 spiro atoms. The van der Waals surface area contributed by atoms with Crippen LogP contribution in [0.2, 0.25) is 0 Å². The average Bonchev–Trinajstić information content (AvgIpc) is 2.35. The minimum atomic E-state index is -0.401. The molecule has 1 aromatic rings. The monoisotopic (exact) mass is 253 g/mol. The molecule has 102 valence electrons. The van der Waals surface area contributed by atoms with Gasteiger partial charge in [0.2, 0.25) is 0 Å². The molecule has 0 fully saturated rings. The zero-order valence-electron chi connectivity index (χ0n) is 11.4.